The van der Waals surface area contributed by atoms with Gasteiger partial charge >= 0.3 is 0 Å². The summed E-state index contributed by atoms with van der Waals surface area (Å²) in [7, 11) is -3.05. The molecule has 2 aliphatic heterocycles. The van der Waals surface area contributed by atoms with E-state index in [-0.39, 0.29) is 11.5 Å². The van der Waals surface area contributed by atoms with E-state index < -0.39 is 10.0 Å². The molecule has 0 amide bonds. The van der Waals surface area contributed by atoms with Gasteiger partial charge in [0.15, 0.2) is 0 Å². The summed E-state index contributed by atoms with van der Waals surface area (Å²) in [6.07, 6.45) is 8.21. The predicted octanol–water partition coefficient (Wildman–Crippen LogP) is 0.0696. The van der Waals surface area contributed by atoms with Gasteiger partial charge in [0, 0.05) is 37.3 Å². The Morgan fingerprint density at radius 3 is 2.74 bits per heavy atom. The molecule has 1 aromatic heterocycles. The topological polar surface area (TPSA) is 72.4 Å². The van der Waals surface area contributed by atoms with Crippen LogP contribution in [0.4, 0.5) is 0 Å². The number of sulfonamides is 1. The molecule has 6 nitrogen and oxygen atoms in total. The molecule has 3 heterocycles. The van der Waals surface area contributed by atoms with Crippen LogP contribution in [0.1, 0.15) is 12.0 Å². The van der Waals surface area contributed by atoms with Crippen LogP contribution in [0.3, 0.4) is 0 Å². The van der Waals surface area contributed by atoms with E-state index in [4.69, 9.17) is 4.74 Å². The van der Waals surface area contributed by atoms with Crippen LogP contribution in [0.25, 0.3) is 0 Å². The van der Waals surface area contributed by atoms with Crippen molar-refractivity contribution in [3.63, 3.8) is 0 Å². The Bertz CT molecular complexity index is 555. The Kier molecular flexibility index (Phi) is 3.07. The number of rotatable bonds is 3. The third-order valence-corrected chi connectivity index (χ3v) is 5.05. The Labute approximate surface area is 112 Å². The number of nitrogens with zero attached hydrogens (tertiary/aromatic N) is 3. The average Bonchev–Trinajstić information content (AvgIpc) is 2.71. The van der Waals surface area contributed by atoms with Crippen LogP contribution in [0.5, 0.6) is 0 Å². The fourth-order valence-corrected chi connectivity index (χ4v) is 3.90. The lowest BCUT2D eigenvalue weighted by molar-refractivity contribution is 0.0426. The first kappa shape index (κ1) is 13.0. The van der Waals surface area contributed by atoms with Crippen LogP contribution >= 0.6 is 0 Å². The molecule has 3 rings (SSSR count). The van der Waals surface area contributed by atoms with Gasteiger partial charge in [-0.05, 0) is 12.0 Å². The highest BCUT2D eigenvalue weighted by molar-refractivity contribution is 7.88. The molecule has 2 aliphatic rings. The maximum Gasteiger partial charge on any atom is 0.211 e. The molecule has 1 atom stereocenters. The minimum atomic E-state index is -3.05. The van der Waals surface area contributed by atoms with Gasteiger partial charge in [-0.25, -0.2) is 22.7 Å². The van der Waals surface area contributed by atoms with Crippen LogP contribution in [-0.4, -0.2) is 54.7 Å². The minimum absolute atomic E-state index is 0.0311. The molecule has 0 radical (unpaired) electrons. The second-order valence-corrected chi connectivity index (χ2v) is 7.60. The van der Waals surface area contributed by atoms with E-state index in [1.807, 2.05) is 0 Å². The fraction of sp³-hybridized carbons (Fsp3) is 0.667. The third-order valence-electron chi connectivity index (χ3n) is 3.86. The smallest absolute Gasteiger partial charge is 0.211 e. The maximum atomic E-state index is 11.4. The molecule has 104 valence electrons. The van der Waals surface area contributed by atoms with Gasteiger partial charge in [-0.15, -0.1) is 0 Å². The second kappa shape index (κ2) is 4.50. The molecule has 0 aromatic carbocycles. The zero-order valence-electron chi connectivity index (χ0n) is 10.8. The summed E-state index contributed by atoms with van der Waals surface area (Å²) < 4.78 is 30.1. The van der Waals surface area contributed by atoms with Crippen molar-refractivity contribution in [3.8, 4) is 0 Å². The van der Waals surface area contributed by atoms with Gasteiger partial charge in [0.25, 0.3) is 0 Å². The molecule has 0 saturated carbocycles. The summed E-state index contributed by atoms with van der Waals surface area (Å²) in [5, 5.41) is 0. The molecular weight excluding hydrogens is 266 g/mol. The molecule has 2 fully saturated rings. The SMILES string of the molecule is CS(=O)(=O)N1CC2(COC(Cc3cncnc3)C2)C1. The fourth-order valence-electron chi connectivity index (χ4n) is 2.88. The molecule has 1 spiro atoms. The van der Waals surface area contributed by atoms with Gasteiger partial charge in [0.1, 0.15) is 6.33 Å². The molecule has 19 heavy (non-hydrogen) atoms. The van der Waals surface area contributed by atoms with Gasteiger partial charge < -0.3 is 4.74 Å². The third kappa shape index (κ3) is 2.63. The van der Waals surface area contributed by atoms with Crippen LogP contribution < -0.4 is 0 Å². The van der Waals surface area contributed by atoms with E-state index in [0.717, 1.165) is 18.4 Å². The Balaban J connectivity index is 1.57. The highest BCUT2D eigenvalue weighted by atomic mass is 32.2. The van der Waals surface area contributed by atoms with Gasteiger partial charge in [-0.3, -0.25) is 0 Å². The molecule has 2 saturated heterocycles. The average molecular weight is 283 g/mol. The summed E-state index contributed by atoms with van der Waals surface area (Å²) in [5.41, 5.74) is 1.09. The zero-order chi connectivity index (χ0) is 13.5. The van der Waals surface area contributed by atoms with E-state index in [9.17, 15) is 8.42 Å². The van der Waals surface area contributed by atoms with E-state index in [0.29, 0.717) is 19.7 Å². The van der Waals surface area contributed by atoms with Crippen molar-refractivity contribution in [3.05, 3.63) is 24.3 Å². The molecule has 1 aromatic rings. The van der Waals surface area contributed by atoms with Crippen molar-refractivity contribution in [2.24, 2.45) is 5.41 Å². The number of hydrogen-bond acceptors (Lipinski definition) is 5. The summed E-state index contributed by atoms with van der Waals surface area (Å²) >= 11 is 0. The minimum Gasteiger partial charge on any atom is -0.377 e. The first-order valence-electron chi connectivity index (χ1n) is 6.28. The van der Waals surface area contributed by atoms with E-state index in [1.165, 1.54) is 16.9 Å². The molecule has 7 heteroatoms. The lowest BCUT2D eigenvalue weighted by Gasteiger charge is -2.45. The van der Waals surface area contributed by atoms with Crippen molar-refractivity contribution >= 4 is 10.0 Å². The quantitative estimate of drug-likeness (QED) is 0.785. The molecule has 0 N–H and O–H groups in total. The normalized spacial score (nSPS) is 26.5. The van der Waals surface area contributed by atoms with E-state index >= 15 is 0 Å². The number of aromatic nitrogens is 2. The van der Waals surface area contributed by atoms with Gasteiger partial charge in [-0.1, -0.05) is 0 Å². The highest BCUT2D eigenvalue weighted by Crippen LogP contribution is 2.42. The van der Waals surface area contributed by atoms with E-state index in [2.05, 4.69) is 9.97 Å². The molecule has 1 unspecified atom stereocenters. The zero-order valence-corrected chi connectivity index (χ0v) is 11.6. The second-order valence-electron chi connectivity index (χ2n) is 5.62. The summed E-state index contributed by atoms with van der Waals surface area (Å²) in [6.45, 7) is 1.83. The van der Waals surface area contributed by atoms with E-state index in [1.54, 1.807) is 12.4 Å². The highest BCUT2D eigenvalue weighted by Gasteiger charge is 2.51. The van der Waals surface area contributed by atoms with Crippen LogP contribution in [0.2, 0.25) is 0 Å². The number of hydrogen-bond donors (Lipinski definition) is 0. The Morgan fingerprint density at radius 2 is 2.11 bits per heavy atom. The van der Waals surface area contributed by atoms with Gasteiger partial charge in [-0.2, -0.15) is 0 Å². The van der Waals surface area contributed by atoms with Crippen molar-refractivity contribution < 1.29 is 13.2 Å². The predicted molar refractivity (Wildman–Crippen MR) is 68.9 cm³/mol. The monoisotopic (exact) mass is 283 g/mol. The lowest BCUT2D eigenvalue weighted by Crippen LogP contribution is -2.58. The first-order chi connectivity index (χ1) is 8.97. The van der Waals surface area contributed by atoms with Crippen molar-refractivity contribution in [1.82, 2.24) is 14.3 Å². The number of ether oxygens (including phenoxy) is 1. The summed E-state index contributed by atoms with van der Waals surface area (Å²) in [6, 6.07) is 0. The molecule has 0 aliphatic carbocycles. The molecular formula is C12H17N3O3S. The Morgan fingerprint density at radius 1 is 1.42 bits per heavy atom. The van der Waals surface area contributed by atoms with Crippen LogP contribution in [-0.2, 0) is 21.2 Å². The lowest BCUT2D eigenvalue weighted by atomic mass is 9.79. The summed E-state index contributed by atoms with van der Waals surface area (Å²) in [5.74, 6) is 0. The largest absolute Gasteiger partial charge is 0.377 e. The van der Waals surface area contributed by atoms with Crippen molar-refractivity contribution in [1.29, 1.82) is 0 Å². The van der Waals surface area contributed by atoms with Gasteiger partial charge in [0.2, 0.25) is 10.0 Å². The first-order valence-corrected chi connectivity index (χ1v) is 8.12. The van der Waals surface area contributed by atoms with Gasteiger partial charge in [0.05, 0.1) is 19.0 Å². The Hall–Kier alpha value is -1.05. The van der Waals surface area contributed by atoms with Crippen LogP contribution in [0.15, 0.2) is 18.7 Å². The maximum absolute atomic E-state index is 11.4. The van der Waals surface area contributed by atoms with Crippen molar-refractivity contribution in [2.45, 2.75) is 18.9 Å². The summed E-state index contributed by atoms with van der Waals surface area (Å²) in [4.78, 5) is 7.97. The standard InChI is InChI=1S/C12H17N3O3S/c1-19(16,17)15-6-12(7-15)3-11(18-8-12)2-10-4-13-9-14-5-10/h4-5,9,11H,2-3,6-8H2,1H3. The molecule has 0 bridgehead atoms. The van der Waals surface area contributed by atoms with Crippen molar-refractivity contribution in [2.75, 3.05) is 26.0 Å². The van der Waals surface area contributed by atoms with Crippen LogP contribution in [0, 0.1) is 5.41 Å².